The highest BCUT2D eigenvalue weighted by atomic mass is 16.5. The van der Waals surface area contributed by atoms with Crippen molar-refractivity contribution in [3.8, 4) is 0 Å². The van der Waals surface area contributed by atoms with Crippen molar-refractivity contribution in [1.29, 1.82) is 0 Å². The fraction of sp³-hybridized carbons (Fsp3) is 0.400. The highest BCUT2D eigenvalue weighted by molar-refractivity contribution is 5.22. The Morgan fingerprint density at radius 1 is 1.37 bits per heavy atom. The maximum absolute atomic E-state index is 5.01. The third-order valence-corrected chi connectivity index (χ3v) is 3.00. The number of aromatic nitrogens is 2. The topological polar surface area (TPSA) is 39.1 Å². The molecule has 19 heavy (non-hydrogen) atoms. The highest BCUT2D eigenvalue weighted by Crippen LogP contribution is 2.08. The van der Waals surface area contributed by atoms with Crippen molar-refractivity contribution in [2.75, 3.05) is 20.3 Å². The Morgan fingerprint density at radius 2 is 2.26 bits per heavy atom. The van der Waals surface area contributed by atoms with Crippen molar-refractivity contribution in [3.63, 3.8) is 0 Å². The van der Waals surface area contributed by atoms with Crippen molar-refractivity contribution >= 4 is 0 Å². The predicted molar refractivity (Wildman–Crippen MR) is 76.1 cm³/mol. The van der Waals surface area contributed by atoms with Crippen LogP contribution < -0.4 is 5.32 Å². The van der Waals surface area contributed by atoms with Crippen molar-refractivity contribution in [2.24, 2.45) is 0 Å². The number of nitrogens with one attached hydrogen (secondary N) is 1. The molecule has 0 saturated carbocycles. The monoisotopic (exact) mass is 259 g/mol. The molecule has 4 nitrogen and oxygen atoms in total. The van der Waals surface area contributed by atoms with Crippen LogP contribution >= 0.6 is 0 Å². The standard InChI is InChI=1S/C15H21N3O/c1-13-4-3-5-14(10-13)12-18-8-6-17-15(18)11-16-7-9-19-2/h3-6,8,10,16H,7,9,11-12H2,1-2H3. The molecule has 0 atom stereocenters. The van der Waals surface area contributed by atoms with E-state index in [4.69, 9.17) is 4.74 Å². The summed E-state index contributed by atoms with van der Waals surface area (Å²) in [7, 11) is 1.71. The number of rotatable bonds is 7. The van der Waals surface area contributed by atoms with Gasteiger partial charge in [-0.25, -0.2) is 4.98 Å². The van der Waals surface area contributed by atoms with Gasteiger partial charge in [0.2, 0.25) is 0 Å². The zero-order chi connectivity index (χ0) is 13.5. The summed E-state index contributed by atoms with van der Waals surface area (Å²) in [4.78, 5) is 4.39. The van der Waals surface area contributed by atoms with Crippen LogP contribution in [0.5, 0.6) is 0 Å². The number of hydrogen-bond acceptors (Lipinski definition) is 3. The molecule has 0 fully saturated rings. The van der Waals surface area contributed by atoms with E-state index in [1.54, 1.807) is 7.11 Å². The van der Waals surface area contributed by atoms with Crippen molar-refractivity contribution in [1.82, 2.24) is 14.9 Å². The van der Waals surface area contributed by atoms with Gasteiger partial charge in [-0.2, -0.15) is 0 Å². The fourth-order valence-corrected chi connectivity index (χ4v) is 2.03. The van der Waals surface area contributed by atoms with Crippen LogP contribution in [-0.2, 0) is 17.8 Å². The Morgan fingerprint density at radius 3 is 3.05 bits per heavy atom. The summed E-state index contributed by atoms with van der Waals surface area (Å²) in [5.41, 5.74) is 2.59. The molecule has 0 bridgehead atoms. The molecule has 0 unspecified atom stereocenters. The largest absolute Gasteiger partial charge is 0.383 e. The lowest BCUT2D eigenvalue weighted by atomic mass is 10.1. The number of methoxy groups -OCH3 is 1. The summed E-state index contributed by atoms with van der Waals surface area (Å²) in [6, 6.07) is 8.57. The highest BCUT2D eigenvalue weighted by Gasteiger charge is 2.03. The van der Waals surface area contributed by atoms with Gasteiger partial charge in [-0.05, 0) is 12.5 Å². The van der Waals surface area contributed by atoms with Gasteiger partial charge >= 0.3 is 0 Å². The van der Waals surface area contributed by atoms with E-state index < -0.39 is 0 Å². The van der Waals surface area contributed by atoms with Gasteiger partial charge < -0.3 is 14.6 Å². The minimum absolute atomic E-state index is 0.721. The SMILES string of the molecule is COCCNCc1nccn1Cc1cccc(C)c1. The van der Waals surface area contributed by atoms with Crippen LogP contribution in [0.2, 0.25) is 0 Å². The van der Waals surface area contributed by atoms with E-state index in [-0.39, 0.29) is 0 Å². The molecule has 4 heteroatoms. The first-order valence-electron chi connectivity index (χ1n) is 6.55. The van der Waals surface area contributed by atoms with Gasteiger partial charge in [0.15, 0.2) is 0 Å². The average molecular weight is 259 g/mol. The number of benzene rings is 1. The fourth-order valence-electron chi connectivity index (χ4n) is 2.03. The molecule has 0 aliphatic rings. The Hall–Kier alpha value is -1.65. The number of ether oxygens (including phenoxy) is 1. The number of hydrogen-bond donors (Lipinski definition) is 1. The molecule has 2 aromatic rings. The Balaban J connectivity index is 1.95. The van der Waals surface area contributed by atoms with Crippen LogP contribution in [0.1, 0.15) is 17.0 Å². The predicted octanol–water partition coefficient (Wildman–Crippen LogP) is 1.98. The molecule has 0 radical (unpaired) electrons. The first-order chi connectivity index (χ1) is 9.29. The second-order valence-corrected chi connectivity index (χ2v) is 4.63. The van der Waals surface area contributed by atoms with E-state index in [2.05, 4.69) is 46.1 Å². The van der Waals surface area contributed by atoms with E-state index in [0.29, 0.717) is 0 Å². The molecule has 1 N–H and O–H groups in total. The summed E-state index contributed by atoms with van der Waals surface area (Å²) >= 11 is 0. The zero-order valence-electron chi connectivity index (χ0n) is 11.6. The quantitative estimate of drug-likeness (QED) is 0.773. The molecule has 0 spiro atoms. The molecule has 1 aromatic carbocycles. The van der Waals surface area contributed by atoms with Crippen molar-refractivity contribution < 1.29 is 4.74 Å². The van der Waals surface area contributed by atoms with Gasteiger partial charge in [-0.3, -0.25) is 0 Å². The first-order valence-corrected chi connectivity index (χ1v) is 6.55. The number of imidazole rings is 1. The van der Waals surface area contributed by atoms with Gasteiger partial charge in [0.05, 0.1) is 13.2 Å². The van der Waals surface area contributed by atoms with Crippen LogP contribution in [0.3, 0.4) is 0 Å². The third-order valence-electron chi connectivity index (χ3n) is 3.00. The van der Waals surface area contributed by atoms with E-state index in [9.17, 15) is 0 Å². The van der Waals surface area contributed by atoms with E-state index in [1.165, 1.54) is 11.1 Å². The summed E-state index contributed by atoms with van der Waals surface area (Å²) in [6.07, 6.45) is 3.87. The van der Waals surface area contributed by atoms with Crippen molar-refractivity contribution in [3.05, 3.63) is 53.6 Å². The average Bonchev–Trinajstić information content (AvgIpc) is 2.82. The molecular formula is C15H21N3O. The first kappa shape index (κ1) is 13.8. The normalized spacial score (nSPS) is 10.8. The summed E-state index contributed by atoms with van der Waals surface area (Å²) in [5.74, 6) is 1.05. The number of nitrogens with zero attached hydrogens (tertiary/aromatic N) is 2. The Bertz CT molecular complexity index is 508. The van der Waals surface area contributed by atoms with Crippen LogP contribution in [0.4, 0.5) is 0 Å². The molecule has 1 aromatic heterocycles. The van der Waals surface area contributed by atoms with E-state index in [1.807, 2.05) is 12.4 Å². The second kappa shape index (κ2) is 7.07. The molecular weight excluding hydrogens is 238 g/mol. The molecule has 2 rings (SSSR count). The van der Waals surface area contributed by atoms with Crippen molar-refractivity contribution in [2.45, 2.75) is 20.0 Å². The lowest BCUT2D eigenvalue weighted by Crippen LogP contribution is -2.21. The lowest BCUT2D eigenvalue weighted by molar-refractivity contribution is 0.199. The summed E-state index contributed by atoms with van der Waals surface area (Å²) in [6.45, 7) is 5.31. The molecule has 0 aliphatic heterocycles. The second-order valence-electron chi connectivity index (χ2n) is 4.63. The van der Waals surface area contributed by atoms with Gasteiger partial charge in [-0.15, -0.1) is 0 Å². The smallest absolute Gasteiger partial charge is 0.122 e. The molecule has 102 valence electrons. The third kappa shape index (κ3) is 4.19. The molecule has 0 amide bonds. The van der Waals surface area contributed by atoms with E-state index in [0.717, 1.165) is 32.1 Å². The van der Waals surface area contributed by atoms with E-state index >= 15 is 0 Å². The van der Waals surface area contributed by atoms with Gasteiger partial charge in [-0.1, -0.05) is 29.8 Å². The van der Waals surface area contributed by atoms with Gasteiger partial charge in [0.25, 0.3) is 0 Å². The minimum Gasteiger partial charge on any atom is -0.383 e. The van der Waals surface area contributed by atoms with Crippen LogP contribution in [-0.4, -0.2) is 29.8 Å². The molecule has 1 heterocycles. The lowest BCUT2D eigenvalue weighted by Gasteiger charge is -2.09. The maximum Gasteiger partial charge on any atom is 0.122 e. The van der Waals surface area contributed by atoms with Crippen LogP contribution in [0.15, 0.2) is 36.7 Å². The van der Waals surface area contributed by atoms with Gasteiger partial charge in [0, 0.05) is 32.6 Å². The molecule has 0 saturated heterocycles. The molecule has 0 aliphatic carbocycles. The Labute approximate surface area is 114 Å². The summed E-state index contributed by atoms with van der Waals surface area (Å²) < 4.78 is 7.19. The van der Waals surface area contributed by atoms with Crippen LogP contribution in [0, 0.1) is 6.92 Å². The number of aryl methyl sites for hydroxylation is 1. The van der Waals surface area contributed by atoms with Gasteiger partial charge in [0.1, 0.15) is 5.82 Å². The minimum atomic E-state index is 0.721. The van der Waals surface area contributed by atoms with Crippen LogP contribution in [0.25, 0.3) is 0 Å². The maximum atomic E-state index is 5.01. The zero-order valence-corrected chi connectivity index (χ0v) is 11.6. The Kier molecular flexibility index (Phi) is 5.12. The summed E-state index contributed by atoms with van der Waals surface area (Å²) in [5, 5.41) is 3.32.